The summed E-state index contributed by atoms with van der Waals surface area (Å²) in [5.41, 5.74) is 0.365. The Morgan fingerprint density at radius 3 is 2.44 bits per heavy atom. The van der Waals surface area contributed by atoms with E-state index in [0.717, 1.165) is 11.3 Å². The van der Waals surface area contributed by atoms with Gasteiger partial charge in [-0.15, -0.1) is 0 Å². The summed E-state index contributed by atoms with van der Waals surface area (Å²) in [5.74, 6) is -0.521. The van der Waals surface area contributed by atoms with Gasteiger partial charge in [-0.05, 0) is 50.6 Å². The van der Waals surface area contributed by atoms with Crippen molar-refractivity contribution in [2.45, 2.75) is 32.9 Å². The molecule has 144 valence electrons. The molecule has 0 aliphatic rings. The van der Waals surface area contributed by atoms with E-state index in [1.807, 2.05) is 24.3 Å². The number of carboxylic acid groups (broad SMARTS) is 1. The standard InChI is InChI=1S/C19H23N3O5/c1-19(2,3)27-18(25)20-16(17(23)24)11-14-9-10-22(21-14)12-13-5-7-15(26-4)8-6-13/h5-11H,12H2,1-4H3,(H,20,25)(H,23,24)/b16-11+. The fourth-order valence-corrected chi connectivity index (χ4v) is 2.17. The van der Waals surface area contributed by atoms with E-state index < -0.39 is 17.7 Å². The number of methoxy groups -OCH3 is 1. The minimum Gasteiger partial charge on any atom is -0.497 e. The molecule has 1 aromatic heterocycles. The third kappa shape index (κ3) is 6.50. The highest BCUT2D eigenvalue weighted by Crippen LogP contribution is 2.13. The van der Waals surface area contributed by atoms with Crippen LogP contribution in [-0.2, 0) is 16.1 Å². The number of rotatable bonds is 6. The third-order valence-electron chi connectivity index (χ3n) is 3.32. The highest BCUT2D eigenvalue weighted by atomic mass is 16.6. The number of nitrogens with one attached hydrogen (secondary N) is 1. The molecule has 2 rings (SSSR count). The number of aromatic nitrogens is 2. The minimum absolute atomic E-state index is 0.320. The van der Waals surface area contributed by atoms with Crippen molar-refractivity contribution in [1.82, 2.24) is 15.1 Å². The first-order valence-electron chi connectivity index (χ1n) is 8.27. The third-order valence-corrected chi connectivity index (χ3v) is 3.32. The Labute approximate surface area is 157 Å². The molecule has 1 aromatic carbocycles. The van der Waals surface area contributed by atoms with E-state index in [2.05, 4.69) is 10.4 Å². The van der Waals surface area contributed by atoms with Crippen molar-refractivity contribution in [3.8, 4) is 5.75 Å². The van der Waals surface area contributed by atoms with Crippen LogP contribution >= 0.6 is 0 Å². The van der Waals surface area contributed by atoms with Crippen LogP contribution in [0.3, 0.4) is 0 Å². The van der Waals surface area contributed by atoms with Gasteiger partial charge < -0.3 is 14.6 Å². The average Bonchev–Trinajstić information content (AvgIpc) is 3.00. The van der Waals surface area contributed by atoms with Gasteiger partial charge in [0.15, 0.2) is 0 Å². The molecule has 27 heavy (non-hydrogen) atoms. The number of carbonyl (C=O) groups excluding carboxylic acids is 1. The molecule has 0 atom stereocenters. The first-order chi connectivity index (χ1) is 12.7. The van der Waals surface area contributed by atoms with Crippen LogP contribution in [0.2, 0.25) is 0 Å². The van der Waals surface area contributed by atoms with E-state index in [0.29, 0.717) is 12.2 Å². The Hall–Kier alpha value is -3.29. The summed E-state index contributed by atoms with van der Waals surface area (Å²) in [5, 5.41) is 15.8. The van der Waals surface area contributed by atoms with Crippen LogP contribution in [0.5, 0.6) is 5.75 Å². The Morgan fingerprint density at radius 2 is 1.89 bits per heavy atom. The zero-order chi connectivity index (χ0) is 20.0. The normalized spacial score (nSPS) is 11.8. The van der Waals surface area contributed by atoms with Gasteiger partial charge in [-0.25, -0.2) is 9.59 Å². The summed E-state index contributed by atoms with van der Waals surface area (Å²) in [4.78, 5) is 23.2. The number of hydrogen-bond acceptors (Lipinski definition) is 5. The lowest BCUT2D eigenvalue weighted by Gasteiger charge is -2.19. The van der Waals surface area contributed by atoms with Crippen molar-refractivity contribution in [3.63, 3.8) is 0 Å². The predicted molar refractivity (Wildman–Crippen MR) is 99.3 cm³/mol. The molecule has 0 fully saturated rings. The zero-order valence-corrected chi connectivity index (χ0v) is 15.7. The first-order valence-corrected chi connectivity index (χ1v) is 8.27. The zero-order valence-electron chi connectivity index (χ0n) is 15.7. The van der Waals surface area contributed by atoms with E-state index in [4.69, 9.17) is 9.47 Å². The SMILES string of the molecule is COc1ccc(Cn2ccc(/C=C(/NC(=O)OC(C)(C)C)C(=O)O)n2)cc1. The minimum atomic E-state index is -1.29. The Morgan fingerprint density at radius 1 is 1.22 bits per heavy atom. The maximum Gasteiger partial charge on any atom is 0.412 e. The molecule has 2 aromatic rings. The molecule has 8 nitrogen and oxygen atoms in total. The van der Waals surface area contributed by atoms with E-state index in [1.54, 1.807) is 44.8 Å². The monoisotopic (exact) mass is 373 g/mol. The lowest BCUT2D eigenvalue weighted by molar-refractivity contribution is -0.133. The fourth-order valence-electron chi connectivity index (χ4n) is 2.17. The van der Waals surface area contributed by atoms with E-state index in [1.165, 1.54) is 6.08 Å². The van der Waals surface area contributed by atoms with E-state index in [-0.39, 0.29) is 5.70 Å². The lowest BCUT2D eigenvalue weighted by Crippen LogP contribution is -2.34. The van der Waals surface area contributed by atoms with Gasteiger partial charge >= 0.3 is 12.1 Å². The summed E-state index contributed by atoms with van der Waals surface area (Å²) >= 11 is 0. The second kappa shape index (κ2) is 8.39. The summed E-state index contributed by atoms with van der Waals surface area (Å²) in [6.45, 7) is 5.59. The molecule has 0 saturated heterocycles. The number of hydrogen-bond donors (Lipinski definition) is 2. The van der Waals surface area contributed by atoms with Gasteiger partial charge in [-0.3, -0.25) is 10.00 Å². The van der Waals surface area contributed by atoms with Crippen molar-refractivity contribution >= 4 is 18.1 Å². The fraction of sp³-hybridized carbons (Fsp3) is 0.316. The molecule has 0 aliphatic heterocycles. The summed E-state index contributed by atoms with van der Waals surface area (Å²) in [6.07, 6.45) is 2.16. The molecule has 2 N–H and O–H groups in total. The number of amides is 1. The van der Waals surface area contributed by atoms with Crippen molar-refractivity contribution in [2.75, 3.05) is 7.11 Å². The number of aliphatic carboxylic acids is 1. The summed E-state index contributed by atoms with van der Waals surface area (Å²) in [7, 11) is 1.60. The molecule has 8 heteroatoms. The number of alkyl carbamates (subject to hydrolysis) is 1. The van der Waals surface area contributed by atoms with Crippen LogP contribution in [0, 0.1) is 0 Å². The predicted octanol–water partition coefficient (Wildman–Crippen LogP) is 2.89. The van der Waals surface area contributed by atoms with Gasteiger partial charge in [0.1, 0.15) is 17.0 Å². The van der Waals surface area contributed by atoms with Gasteiger partial charge in [-0.1, -0.05) is 12.1 Å². The molecular weight excluding hydrogens is 350 g/mol. The van der Waals surface area contributed by atoms with Gasteiger partial charge in [0.2, 0.25) is 0 Å². The summed E-state index contributed by atoms with van der Waals surface area (Å²) < 4.78 is 11.9. The molecule has 0 spiro atoms. The van der Waals surface area contributed by atoms with Gasteiger partial charge in [0, 0.05) is 6.20 Å². The number of carbonyl (C=O) groups is 2. The molecule has 0 saturated carbocycles. The maximum atomic E-state index is 11.8. The van der Waals surface area contributed by atoms with Crippen LogP contribution in [0.25, 0.3) is 6.08 Å². The lowest BCUT2D eigenvalue weighted by atomic mass is 10.2. The second-order valence-corrected chi connectivity index (χ2v) is 6.78. The van der Waals surface area contributed by atoms with E-state index in [9.17, 15) is 14.7 Å². The molecule has 1 heterocycles. The van der Waals surface area contributed by atoms with Crippen molar-refractivity contribution < 1.29 is 24.2 Å². The quantitative estimate of drug-likeness (QED) is 0.755. The maximum absolute atomic E-state index is 11.8. The van der Waals surface area contributed by atoms with Crippen molar-refractivity contribution in [3.05, 3.63) is 53.5 Å². The smallest absolute Gasteiger partial charge is 0.412 e. The van der Waals surface area contributed by atoms with E-state index >= 15 is 0 Å². The van der Waals surface area contributed by atoms with Gasteiger partial charge in [0.05, 0.1) is 19.3 Å². The average molecular weight is 373 g/mol. The largest absolute Gasteiger partial charge is 0.497 e. The Kier molecular flexibility index (Phi) is 6.23. The highest BCUT2D eigenvalue weighted by molar-refractivity contribution is 5.95. The molecule has 0 radical (unpaired) electrons. The van der Waals surface area contributed by atoms with Crippen LogP contribution in [-0.4, -0.2) is 39.7 Å². The van der Waals surface area contributed by atoms with Crippen LogP contribution in [0.15, 0.2) is 42.2 Å². The van der Waals surface area contributed by atoms with Crippen LogP contribution < -0.4 is 10.1 Å². The summed E-state index contributed by atoms with van der Waals surface area (Å²) in [6, 6.07) is 9.20. The second-order valence-electron chi connectivity index (χ2n) is 6.78. The molecular formula is C19H23N3O5. The Bertz CT molecular complexity index is 832. The molecule has 0 aliphatic carbocycles. The molecule has 0 bridgehead atoms. The topological polar surface area (TPSA) is 103 Å². The highest BCUT2D eigenvalue weighted by Gasteiger charge is 2.19. The number of carboxylic acids is 1. The molecule has 0 unspecified atom stereocenters. The molecule has 1 amide bonds. The first kappa shape index (κ1) is 20.0. The number of ether oxygens (including phenoxy) is 2. The number of benzene rings is 1. The van der Waals surface area contributed by atoms with Crippen LogP contribution in [0.4, 0.5) is 4.79 Å². The van der Waals surface area contributed by atoms with Crippen LogP contribution in [0.1, 0.15) is 32.0 Å². The van der Waals surface area contributed by atoms with Gasteiger partial charge in [0.25, 0.3) is 0 Å². The van der Waals surface area contributed by atoms with Crippen molar-refractivity contribution in [1.29, 1.82) is 0 Å². The van der Waals surface area contributed by atoms with Crippen molar-refractivity contribution in [2.24, 2.45) is 0 Å². The van der Waals surface area contributed by atoms with Gasteiger partial charge in [-0.2, -0.15) is 5.10 Å². The Balaban J connectivity index is 2.09. The number of nitrogens with zero attached hydrogens (tertiary/aromatic N) is 2.